The maximum atomic E-state index is 12.5. The maximum absolute atomic E-state index is 12.5. The number of piperidine rings is 1. The second kappa shape index (κ2) is 8.24. The lowest BCUT2D eigenvalue weighted by Gasteiger charge is -2.34. The molecule has 1 fully saturated rings. The molecule has 1 aliphatic heterocycles. The monoisotopic (exact) mass is 353 g/mol. The van der Waals surface area contributed by atoms with Crippen LogP contribution in [0, 0.1) is 0 Å². The molecule has 1 aliphatic rings. The highest BCUT2D eigenvalue weighted by Crippen LogP contribution is 2.18. The Balaban J connectivity index is 1.81. The summed E-state index contributed by atoms with van der Waals surface area (Å²) < 4.78 is 5.68. The third-order valence-corrected chi connectivity index (χ3v) is 4.27. The van der Waals surface area contributed by atoms with Crippen molar-refractivity contribution >= 4 is 23.5 Å². The lowest BCUT2D eigenvalue weighted by atomic mass is 10.0. The number of ether oxygens (including phenoxy) is 1. The van der Waals surface area contributed by atoms with Crippen molar-refractivity contribution < 1.29 is 14.3 Å². The van der Waals surface area contributed by atoms with Crippen LogP contribution in [0.25, 0.3) is 0 Å². The molecule has 0 aromatic heterocycles. The van der Waals surface area contributed by atoms with Gasteiger partial charge in [0.2, 0.25) is 0 Å². The van der Waals surface area contributed by atoms with Crippen LogP contribution in [0.2, 0.25) is 5.02 Å². The SMILES string of the molecule is C[C@@H](Oc1ccc(Cl)cc1)C(=O)N1CCC(NC(=O)N(C)C)CC1. The standard InChI is InChI=1S/C17H24ClN3O3/c1-12(24-15-6-4-13(18)5-7-15)16(22)21-10-8-14(9-11-21)19-17(23)20(2)3/h4-7,12,14H,8-11H2,1-3H3,(H,19,23)/t12-/m1/s1. The minimum Gasteiger partial charge on any atom is -0.481 e. The van der Waals surface area contributed by atoms with Crippen LogP contribution in [0.15, 0.2) is 24.3 Å². The summed E-state index contributed by atoms with van der Waals surface area (Å²) in [5, 5.41) is 3.59. The van der Waals surface area contributed by atoms with Crippen LogP contribution in [0.1, 0.15) is 19.8 Å². The number of likely N-dealkylation sites (tertiary alicyclic amines) is 1. The van der Waals surface area contributed by atoms with Gasteiger partial charge < -0.3 is 19.9 Å². The highest BCUT2D eigenvalue weighted by Gasteiger charge is 2.27. The first-order valence-electron chi connectivity index (χ1n) is 8.05. The molecule has 3 amide bonds. The van der Waals surface area contributed by atoms with Crippen molar-refractivity contribution in [2.75, 3.05) is 27.2 Å². The van der Waals surface area contributed by atoms with E-state index in [0.717, 1.165) is 12.8 Å². The molecule has 1 aromatic rings. The molecule has 0 saturated carbocycles. The summed E-state index contributed by atoms with van der Waals surface area (Å²) in [5.74, 6) is 0.579. The number of amides is 3. The molecule has 1 saturated heterocycles. The van der Waals surface area contributed by atoms with E-state index in [2.05, 4.69) is 5.32 Å². The topological polar surface area (TPSA) is 61.9 Å². The van der Waals surface area contributed by atoms with E-state index in [0.29, 0.717) is 23.9 Å². The number of benzene rings is 1. The van der Waals surface area contributed by atoms with Crippen molar-refractivity contribution in [3.8, 4) is 5.75 Å². The molecule has 0 aliphatic carbocycles. The first-order chi connectivity index (χ1) is 11.4. The van der Waals surface area contributed by atoms with Crippen molar-refractivity contribution in [3.05, 3.63) is 29.3 Å². The van der Waals surface area contributed by atoms with Crippen molar-refractivity contribution in [3.63, 3.8) is 0 Å². The normalized spacial score (nSPS) is 16.4. The van der Waals surface area contributed by atoms with Gasteiger partial charge in [0.05, 0.1) is 0 Å². The summed E-state index contributed by atoms with van der Waals surface area (Å²) in [6.07, 6.45) is 0.942. The molecule has 0 bridgehead atoms. The summed E-state index contributed by atoms with van der Waals surface area (Å²) in [6.45, 7) is 2.98. The second-order valence-electron chi connectivity index (χ2n) is 6.16. The quantitative estimate of drug-likeness (QED) is 0.904. The van der Waals surface area contributed by atoms with E-state index < -0.39 is 6.10 Å². The highest BCUT2D eigenvalue weighted by molar-refractivity contribution is 6.30. The molecule has 1 heterocycles. The summed E-state index contributed by atoms with van der Waals surface area (Å²) in [4.78, 5) is 27.5. The van der Waals surface area contributed by atoms with Crippen LogP contribution in [0.4, 0.5) is 4.79 Å². The summed E-state index contributed by atoms with van der Waals surface area (Å²) in [7, 11) is 3.42. The average Bonchev–Trinajstić information content (AvgIpc) is 2.56. The molecule has 0 unspecified atom stereocenters. The van der Waals surface area contributed by atoms with Gasteiger partial charge >= 0.3 is 6.03 Å². The third kappa shape index (κ3) is 5.03. The Morgan fingerprint density at radius 1 is 1.25 bits per heavy atom. The summed E-state index contributed by atoms with van der Waals surface area (Å²) in [6, 6.07) is 6.96. The van der Waals surface area contributed by atoms with Crippen molar-refractivity contribution in [2.24, 2.45) is 0 Å². The average molecular weight is 354 g/mol. The van der Waals surface area contributed by atoms with Gasteiger partial charge in [-0.05, 0) is 44.0 Å². The number of nitrogens with one attached hydrogen (secondary N) is 1. The molecule has 1 N–H and O–H groups in total. The van der Waals surface area contributed by atoms with Gasteiger partial charge in [-0.2, -0.15) is 0 Å². The molecule has 2 rings (SSSR count). The largest absolute Gasteiger partial charge is 0.481 e. The van der Waals surface area contributed by atoms with Crippen LogP contribution in [0.5, 0.6) is 5.75 Å². The van der Waals surface area contributed by atoms with E-state index >= 15 is 0 Å². The zero-order valence-corrected chi connectivity index (χ0v) is 15.0. The number of urea groups is 1. The van der Waals surface area contributed by atoms with E-state index in [9.17, 15) is 9.59 Å². The van der Waals surface area contributed by atoms with Gasteiger partial charge in [-0.15, -0.1) is 0 Å². The molecular formula is C17H24ClN3O3. The van der Waals surface area contributed by atoms with E-state index in [-0.39, 0.29) is 18.0 Å². The molecule has 0 spiro atoms. The molecular weight excluding hydrogens is 330 g/mol. The molecule has 24 heavy (non-hydrogen) atoms. The predicted molar refractivity (Wildman–Crippen MR) is 93.4 cm³/mol. The molecule has 6 nitrogen and oxygen atoms in total. The Labute approximate surface area is 147 Å². The Hall–Kier alpha value is -1.95. The number of rotatable bonds is 4. The van der Waals surface area contributed by atoms with Gasteiger partial charge in [0.15, 0.2) is 6.10 Å². The summed E-state index contributed by atoms with van der Waals surface area (Å²) >= 11 is 5.84. The fourth-order valence-corrected chi connectivity index (χ4v) is 2.70. The number of carbonyl (C=O) groups is 2. The molecule has 1 atom stereocenters. The van der Waals surface area contributed by atoms with E-state index in [1.54, 1.807) is 50.2 Å². The van der Waals surface area contributed by atoms with Crippen molar-refractivity contribution in [1.82, 2.24) is 15.1 Å². The Bertz CT molecular complexity index is 569. The lowest BCUT2D eigenvalue weighted by Crippen LogP contribution is -2.51. The van der Waals surface area contributed by atoms with E-state index in [4.69, 9.17) is 16.3 Å². The minimum atomic E-state index is -0.556. The maximum Gasteiger partial charge on any atom is 0.317 e. The third-order valence-electron chi connectivity index (χ3n) is 4.01. The Morgan fingerprint density at radius 3 is 2.38 bits per heavy atom. The van der Waals surface area contributed by atoms with Crippen LogP contribution in [-0.4, -0.2) is 61.1 Å². The first kappa shape index (κ1) is 18.4. The molecule has 132 valence electrons. The number of hydrogen-bond donors (Lipinski definition) is 1. The fourth-order valence-electron chi connectivity index (χ4n) is 2.57. The molecule has 0 radical (unpaired) electrons. The highest BCUT2D eigenvalue weighted by atomic mass is 35.5. The van der Waals surface area contributed by atoms with Gasteiger partial charge in [-0.1, -0.05) is 11.6 Å². The van der Waals surface area contributed by atoms with E-state index in [1.165, 1.54) is 4.90 Å². The zero-order chi connectivity index (χ0) is 17.7. The second-order valence-corrected chi connectivity index (χ2v) is 6.59. The number of nitrogens with zero attached hydrogens (tertiary/aromatic N) is 2. The van der Waals surface area contributed by atoms with Crippen LogP contribution in [0.3, 0.4) is 0 Å². The van der Waals surface area contributed by atoms with Crippen LogP contribution in [-0.2, 0) is 4.79 Å². The van der Waals surface area contributed by atoms with Gasteiger partial charge in [0.25, 0.3) is 5.91 Å². The van der Waals surface area contributed by atoms with Gasteiger partial charge in [0, 0.05) is 38.2 Å². The Kier molecular flexibility index (Phi) is 6.31. The van der Waals surface area contributed by atoms with Gasteiger partial charge in [-0.25, -0.2) is 4.79 Å². The number of halogens is 1. The first-order valence-corrected chi connectivity index (χ1v) is 8.43. The molecule has 1 aromatic carbocycles. The van der Waals surface area contributed by atoms with Crippen LogP contribution < -0.4 is 10.1 Å². The van der Waals surface area contributed by atoms with E-state index in [1.807, 2.05) is 0 Å². The fraction of sp³-hybridized carbons (Fsp3) is 0.529. The predicted octanol–water partition coefficient (Wildman–Crippen LogP) is 2.37. The minimum absolute atomic E-state index is 0.0395. The number of hydrogen-bond acceptors (Lipinski definition) is 3. The van der Waals surface area contributed by atoms with Crippen molar-refractivity contribution in [1.29, 1.82) is 0 Å². The number of carbonyl (C=O) groups excluding carboxylic acids is 2. The lowest BCUT2D eigenvalue weighted by molar-refractivity contribution is -0.139. The summed E-state index contributed by atoms with van der Waals surface area (Å²) in [5.41, 5.74) is 0. The molecule has 7 heteroatoms. The van der Waals surface area contributed by atoms with Gasteiger partial charge in [0.1, 0.15) is 5.75 Å². The van der Waals surface area contributed by atoms with Gasteiger partial charge in [-0.3, -0.25) is 4.79 Å². The zero-order valence-electron chi connectivity index (χ0n) is 14.3. The Morgan fingerprint density at radius 2 is 1.83 bits per heavy atom. The van der Waals surface area contributed by atoms with Crippen LogP contribution >= 0.6 is 11.6 Å². The van der Waals surface area contributed by atoms with Crippen molar-refractivity contribution in [2.45, 2.75) is 31.9 Å². The smallest absolute Gasteiger partial charge is 0.317 e.